The van der Waals surface area contributed by atoms with Crippen molar-refractivity contribution >= 4 is 0 Å². The fourth-order valence-corrected chi connectivity index (χ4v) is 2.59. The van der Waals surface area contributed by atoms with Gasteiger partial charge in [-0.05, 0) is 54.0 Å². The molecule has 2 aromatic rings. The van der Waals surface area contributed by atoms with E-state index < -0.39 is 0 Å². The van der Waals surface area contributed by atoms with E-state index >= 15 is 0 Å². The average molecular weight is 238 g/mol. The van der Waals surface area contributed by atoms with Crippen LogP contribution in [0.2, 0.25) is 0 Å². The van der Waals surface area contributed by atoms with Gasteiger partial charge in [0, 0.05) is 0 Å². The van der Waals surface area contributed by atoms with E-state index in [0.717, 1.165) is 19.3 Å². The van der Waals surface area contributed by atoms with Gasteiger partial charge < -0.3 is 0 Å². The number of benzene rings is 2. The van der Waals surface area contributed by atoms with Gasteiger partial charge >= 0.3 is 0 Å². The molecule has 0 heterocycles. The lowest BCUT2D eigenvalue weighted by Gasteiger charge is -2.12. The largest absolute Gasteiger partial charge is 0.0620 e. The molecule has 0 nitrogen and oxygen atoms in total. The highest BCUT2D eigenvalue weighted by molar-refractivity contribution is 5.39. The second kappa shape index (κ2) is 5.86. The minimum atomic E-state index is 1.06. The molecule has 0 aliphatic rings. The molecule has 94 valence electrons. The molecule has 0 N–H and O–H groups in total. The number of hydrogen-bond donors (Lipinski definition) is 0. The van der Waals surface area contributed by atoms with Crippen molar-refractivity contribution in [3.63, 3.8) is 0 Å². The molecule has 0 spiro atoms. The van der Waals surface area contributed by atoms with Crippen molar-refractivity contribution in [2.75, 3.05) is 0 Å². The Kier molecular flexibility index (Phi) is 4.19. The Labute approximate surface area is 111 Å². The van der Waals surface area contributed by atoms with Crippen molar-refractivity contribution in [2.45, 2.75) is 40.0 Å². The molecule has 2 aromatic carbocycles. The van der Waals surface area contributed by atoms with Crippen molar-refractivity contribution in [1.82, 2.24) is 0 Å². The maximum atomic E-state index is 2.26. The van der Waals surface area contributed by atoms with Crippen LogP contribution in [0.5, 0.6) is 0 Å². The smallest absolute Gasteiger partial charge is 0.00203 e. The maximum Gasteiger partial charge on any atom is -0.00203 e. The molecule has 0 radical (unpaired) electrons. The molecule has 0 saturated heterocycles. The average Bonchev–Trinajstić information content (AvgIpc) is 2.42. The highest BCUT2D eigenvalue weighted by atomic mass is 14.1. The Morgan fingerprint density at radius 2 is 1.22 bits per heavy atom. The Bertz CT molecular complexity index is 523. The van der Waals surface area contributed by atoms with E-state index in [1.807, 2.05) is 0 Å². The summed E-state index contributed by atoms with van der Waals surface area (Å²) in [5.41, 5.74) is 7.35. The molecule has 0 aliphatic carbocycles. The zero-order valence-corrected chi connectivity index (χ0v) is 11.7. The summed E-state index contributed by atoms with van der Waals surface area (Å²) >= 11 is 0. The first-order chi connectivity index (χ1) is 8.76. The van der Waals surface area contributed by atoms with Gasteiger partial charge in [0.2, 0.25) is 0 Å². The van der Waals surface area contributed by atoms with Crippen molar-refractivity contribution < 1.29 is 0 Å². The summed E-state index contributed by atoms with van der Waals surface area (Å²) in [7, 11) is 0. The van der Waals surface area contributed by atoms with Crippen LogP contribution in [0.15, 0.2) is 42.5 Å². The van der Waals surface area contributed by atoms with E-state index in [9.17, 15) is 0 Å². The highest BCUT2D eigenvalue weighted by Gasteiger charge is 2.06. The minimum Gasteiger partial charge on any atom is -0.0620 e. The van der Waals surface area contributed by atoms with E-state index in [2.05, 4.69) is 63.2 Å². The van der Waals surface area contributed by atoms with Gasteiger partial charge in [-0.1, -0.05) is 56.3 Å². The van der Waals surface area contributed by atoms with Gasteiger partial charge in [0.15, 0.2) is 0 Å². The van der Waals surface area contributed by atoms with Crippen LogP contribution < -0.4 is 0 Å². The van der Waals surface area contributed by atoms with E-state index in [1.54, 1.807) is 0 Å². The summed E-state index contributed by atoms with van der Waals surface area (Å²) in [4.78, 5) is 0. The number of aryl methyl sites for hydroxylation is 2. The lowest BCUT2D eigenvalue weighted by Crippen LogP contribution is -1.98. The number of rotatable bonds is 4. The minimum absolute atomic E-state index is 1.06. The van der Waals surface area contributed by atoms with Gasteiger partial charge in [-0.3, -0.25) is 0 Å². The molecule has 0 atom stereocenters. The van der Waals surface area contributed by atoms with E-state index in [4.69, 9.17) is 0 Å². The van der Waals surface area contributed by atoms with E-state index in [0.29, 0.717) is 0 Å². The predicted octanol–water partition coefficient (Wildman–Crippen LogP) is 4.71. The molecule has 0 amide bonds. The van der Waals surface area contributed by atoms with Crippen molar-refractivity contribution in [1.29, 1.82) is 0 Å². The molecule has 0 aliphatic heterocycles. The number of hydrogen-bond acceptors (Lipinski definition) is 0. The van der Waals surface area contributed by atoms with Crippen LogP contribution in [0.4, 0.5) is 0 Å². The molecule has 0 heteroatoms. The van der Waals surface area contributed by atoms with Gasteiger partial charge in [0.05, 0.1) is 0 Å². The molecular formula is C18H22. The van der Waals surface area contributed by atoms with Crippen LogP contribution in [0.25, 0.3) is 0 Å². The lowest BCUT2D eigenvalue weighted by atomic mass is 9.93. The molecule has 0 saturated carbocycles. The van der Waals surface area contributed by atoms with Gasteiger partial charge in [0.1, 0.15) is 0 Å². The van der Waals surface area contributed by atoms with E-state index in [1.165, 1.54) is 27.8 Å². The van der Waals surface area contributed by atoms with Crippen LogP contribution in [-0.2, 0) is 19.3 Å². The maximum absolute atomic E-state index is 2.26. The van der Waals surface area contributed by atoms with Crippen LogP contribution in [0.3, 0.4) is 0 Å². The Hall–Kier alpha value is -1.56. The first-order valence-electron chi connectivity index (χ1n) is 6.90. The normalized spacial score (nSPS) is 10.6. The third-order valence-corrected chi connectivity index (χ3v) is 3.82. The molecule has 0 bridgehead atoms. The molecule has 0 unspecified atom stereocenters. The Balaban J connectivity index is 2.34. The predicted molar refractivity (Wildman–Crippen MR) is 79.2 cm³/mol. The lowest BCUT2D eigenvalue weighted by molar-refractivity contribution is 1.03. The third kappa shape index (κ3) is 2.64. The quantitative estimate of drug-likeness (QED) is 0.723. The zero-order valence-electron chi connectivity index (χ0n) is 11.7. The zero-order chi connectivity index (χ0) is 13.0. The van der Waals surface area contributed by atoms with Crippen LogP contribution in [-0.4, -0.2) is 0 Å². The van der Waals surface area contributed by atoms with Crippen molar-refractivity contribution in [3.05, 3.63) is 70.3 Å². The first kappa shape index (κ1) is 12.9. The van der Waals surface area contributed by atoms with E-state index in [-0.39, 0.29) is 0 Å². The fourth-order valence-electron chi connectivity index (χ4n) is 2.59. The summed E-state index contributed by atoms with van der Waals surface area (Å²) in [5, 5.41) is 0. The van der Waals surface area contributed by atoms with Crippen LogP contribution in [0.1, 0.15) is 41.7 Å². The summed E-state index contributed by atoms with van der Waals surface area (Å²) < 4.78 is 0. The molecule has 18 heavy (non-hydrogen) atoms. The fraction of sp³-hybridized carbons (Fsp3) is 0.333. The van der Waals surface area contributed by atoms with Crippen LogP contribution >= 0.6 is 0 Å². The topological polar surface area (TPSA) is 0 Å². The third-order valence-electron chi connectivity index (χ3n) is 3.82. The van der Waals surface area contributed by atoms with Crippen LogP contribution in [0, 0.1) is 6.92 Å². The summed E-state index contributed by atoms with van der Waals surface area (Å²) in [6.07, 6.45) is 3.29. The van der Waals surface area contributed by atoms with Gasteiger partial charge in [-0.15, -0.1) is 0 Å². The van der Waals surface area contributed by atoms with Crippen molar-refractivity contribution in [2.24, 2.45) is 0 Å². The standard InChI is InChI=1S/C18H22/c1-4-15-11-8-12-17(14(15)3)13-18-10-7-6-9-16(18)5-2/h6-12H,4-5,13H2,1-3H3. The van der Waals surface area contributed by atoms with Gasteiger partial charge in [-0.2, -0.15) is 0 Å². The van der Waals surface area contributed by atoms with Gasteiger partial charge in [0.25, 0.3) is 0 Å². The molecule has 0 fully saturated rings. The molecule has 0 aromatic heterocycles. The summed E-state index contributed by atoms with van der Waals surface area (Å²) in [5.74, 6) is 0. The summed E-state index contributed by atoms with van der Waals surface area (Å²) in [6, 6.07) is 15.5. The summed E-state index contributed by atoms with van der Waals surface area (Å²) in [6.45, 7) is 6.71. The Morgan fingerprint density at radius 3 is 1.89 bits per heavy atom. The first-order valence-corrected chi connectivity index (χ1v) is 6.90. The van der Waals surface area contributed by atoms with Gasteiger partial charge in [-0.25, -0.2) is 0 Å². The second-order valence-electron chi connectivity index (χ2n) is 4.85. The highest BCUT2D eigenvalue weighted by Crippen LogP contribution is 2.20. The monoisotopic (exact) mass is 238 g/mol. The Morgan fingerprint density at radius 1 is 0.667 bits per heavy atom. The second-order valence-corrected chi connectivity index (χ2v) is 4.85. The molecule has 2 rings (SSSR count). The molecular weight excluding hydrogens is 216 g/mol. The SMILES string of the molecule is CCc1ccccc1Cc1cccc(CC)c1C. The van der Waals surface area contributed by atoms with Crippen molar-refractivity contribution in [3.8, 4) is 0 Å².